The molecule has 0 N–H and O–H groups in total. The summed E-state index contributed by atoms with van der Waals surface area (Å²) in [7, 11) is 1.29. The number of carbonyl (C=O) groups excluding carboxylic acids is 1. The summed E-state index contributed by atoms with van der Waals surface area (Å²) >= 11 is 0. The first kappa shape index (κ1) is 15.8. The van der Waals surface area contributed by atoms with E-state index in [1.807, 2.05) is 52.0 Å². The third kappa shape index (κ3) is 2.89. The molecule has 2 rings (SSSR count). The lowest BCUT2D eigenvalue weighted by Gasteiger charge is -2.32. The number of likely N-dealkylation sites (N-methyl/N-ethyl adjacent to an activating group) is 1. The number of amides is 1. The normalized spacial score (nSPS) is 19.4. The van der Waals surface area contributed by atoms with Gasteiger partial charge < -0.3 is 14.2 Å². The van der Waals surface area contributed by atoms with E-state index < -0.39 is 7.12 Å². The van der Waals surface area contributed by atoms with Crippen LogP contribution in [0.15, 0.2) is 36.9 Å². The fourth-order valence-corrected chi connectivity index (χ4v) is 2.12. The van der Waals surface area contributed by atoms with Gasteiger partial charge in [0.15, 0.2) is 0 Å². The summed E-state index contributed by atoms with van der Waals surface area (Å²) < 4.78 is 12.1. The Balaban J connectivity index is 2.27. The van der Waals surface area contributed by atoms with Crippen LogP contribution in [-0.2, 0) is 14.1 Å². The number of hydrogen-bond acceptors (Lipinski definition) is 3. The van der Waals surface area contributed by atoms with Crippen molar-refractivity contribution in [2.24, 2.45) is 0 Å². The summed E-state index contributed by atoms with van der Waals surface area (Å²) in [6.07, 6.45) is 1.29. The molecule has 112 valence electrons. The molecule has 1 saturated heterocycles. The first-order chi connectivity index (χ1) is 9.68. The maximum Gasteiger partial charge on any atom is 0.494 e. The Hall–Kier alpha value is -1.59. The van der Waals surface area contributed by atoms with Gasteiger partial charge in [-0.05, 0) is 51.4 Å². The highest BCUT2D eigenvalue weighted by Crippen LogP contribution is 2.36. The van der Waals surface area contributed by atoms with Crippen LogP contribution in [0.25, 0.3) is 0 Å². The standard InChI is InChI=1S/C16H22BNO3/c1-7-14(19)18(6)13-10-8-9-12(11-13)17-20-15(2,3)16(4,5)21-17/h7-11H,1H2,2-6H3. The van der Waals surface area contributed by atoms with Crippen molar-refractivity contribution in [2.45, 2.75) is 38.9 Å². The third-order valence-corrected chi connectivity index (χ3v) is 4.29. The molecule has 21 heavy (non-hydrogen) atoms. The van der Waals surface area contributed by atoms with E-state index in [-0.39, 0.29) is 17.1 Å². The number of anilines is 1. The van der Waals surface area contributed by atoms with Gasteiger partial charge in [-0.25, -0.2) is 0 Å². The smallest absolute Gasteiger partial charge is 0.399 e. The van der Waals surface area contributed by atoms with E-state index in [4.69, 9.17) is 9.31 Å². The molecule has 4 nitrogen and oxygen atoms in total. The molecule has 0 bridgehead atoms. The zero-order chi connectivity index (χ0) is 15.8. The first-order valence-electron chi connectivity index (χ1n) is 7.04. The van der Waals surface area contributed by atoms with Crippen molar-refractivity contribution in [3.63, 3.8) is 0 Å². The molecule has 0 unspecified atom stereocenters. The van der Waals surface area contributed by atoms with Crippen molar-refractivity contribution in [1.82, 2.24) is 0 Å². The van der Waals surface area contributed by atoms with E-state index in [1.54, 1.807) is 11.9 Å². The summed E-state index contributed by atoms with van der Waals surface area (Å²) in [4.78, 5) is 13.2. The molecule has 1 aliphatic heterocycles. The van der Waals surface area contributed by atoms with Gasteiger partial charge in [0.1, 0.15) is 0 Å². The van der Waals surface area contributed by atoms with Gasteiger partial charge in [0.05, 0.1) is 11.2 Å². The maximum atomic E-state index is 11.7. The number of hydrogen-bond donors (Lipinski definition) is 0. The van der Waals surface area contributed by atoms with Crippen LogP contribution in [0.1, 0.15) is 27.7 Å². The zero-order valence-electron chi connectivity index (χ0n) is 13.3. The highest BCUT2D eigenvalue weighted by Gasteiger charge is 2.51. The van der Waals surface area contributed by atoms with Crippen molar-refractivity contribution < 1.29 is 14.1 Å². The van der Waals surface area contributed by atoms with Crippen molar-refractivity contribution in [3.8, 4) is 0 Å². The van der Waals surface area contributed by atoms with Gasteiger partial charge in [-0.1, -0.05) is 18.7 Å². The Morgan fingerprint density at radius 3 is 2.33 bits per heavy atom. The molecule has 5 heteroatoms. The third-order valence-electron chi connectivity index (χ3n) is 4.29. The van der Waals surface area contributed by atoms with Crippen LogP contribution >= 0.6 is 0 Å². The van der Waals surface area contributed by atoms with E-state index in [0.717, 1.165) is 11.2 Å². The lowest BCUT2D eigenvalue weighted by atomic mass is 9.79. The van der Waals surface area contributed by atoms with Crippen molar-refractivity contribution in [2.75, 3.05) is 11.9 Å². The Bertz CT molecular complexity index is 552. The van der Waals surface area contributed by atoms with Crippen LogP contribution in [0.4, 0.5) is 5.69 Å². The van der Waals surface area contributed by atoms with Crippen LogP contribution in [0.2, 0.25) is 0 Å². The first-order valence-corrected chi connectivity index (χ1v) is 7.04. The van der Waals surface area contributed by atoms with Gasteiger partial charge in [0.25, 0.3) is 0 Å². The molecule has 1 fully saturated rings. The van der Waals surface area contributed by atoms with E-state index >= 15 is 0 Å². The van der Waals surface area contributed by atoms with Gasteiger partial charge in [0.2, 0.25) is 5.91 Å². The Morgan fingerprint density at radius 1 is 1.24 bits per heavy atom. The number of nitrogens with zero attached hydrogens (tertiary/aromatic N) is 1. The molecule has 0 atom stereocenters. The molecular formula is C16H22BNO3. The molecule has 0 radical (unpaired) electrons. The topological polar surface area (TPSA) is 38.8 Å². The maximum absolute atomic E-state index is 11.7. The van der Waals surface area contributed by atoms with E-state index in [2.05, 4.69) is 6.58 Å². The Kier molecular flexibility index (Phi) is 4.00. The van der Waals surface area contributed by atoms with Crippen LogP contribution in [-0.4, -0.2) is 31.3 Å². The Morgan fingerprint density at radius 2 is 1.81 bits per heavy atom. The van der Waals surface area contributed by atoms with Crippen LogP contribution in [0.3, 0.4) is 0 Å². The second-order valence-electron chi connectivity index (χ2n) is 6.28. The van der Waals surface area contributed by atoms with Gasteiger partial charge >= 0.3 is 7.12 Å². The quantitative estimate of drug-likeness (QED) is 0.631. The predicted molar refractivity (Wildman–Crippen MR) is 85.8 cm³/mol. The van der Waals surface area contributed by atoms with Crippen molar-refractivity contribution >= 4 is 24.2 Å². The molecule has 0 saturated carbocycles. The fraction of sp³-hybridized carbons (Fsp3) is 0.438. The summed E-state index contributed by atoms with van der Waals surface area (Å²) in [5, 5.41) is 0. The van der Waals surface area contributed by atoms with Gasteiger partial charge in [-0.15, -0.1) is 0 Å². The Labute approximate surface area is 126 Å². The second-order valence-corrected chi connectivity index (χ2v) is 6.28. The highest BCUT2D eigenvalue weighted by atomic mass is 16.7. The van der Waals surface area contributed by atoms with Crippen LogP contribution < -0.4 is 10.4 Å². The average molecular weight is 287 g/mol. The lowest BCUT2D eigenvalue weighted by Crippen LogP contribution is -2.41. The monoisotopic (exact) mass is 287 g/mol. The van der Waals surface area contributed by atoms with Crippen molar-refractivity contribution in [3.05, 3.63) is 36.9 Å². The van der Waals surface area contributed by atoms with Crippen molar-refractivity contribution in [1.29, 1.82) is 0 Å². The molecule has 1 amide bonds. The average Bonchev–Trinajstić information content (AvgIpc) is 2.66. The second kappa shape index (κ2) is 5.32. The highest BCUT2D eigenvalue weighted by molar-refractivity contribution is 6.62. The van der Waals surface area contributed by atoms with E-state index in [0.29, 0.717) is 0 Å². The van der Waals surface area contributed by atoms with Gasteiger partial charge in [0, 0.05) is 12.7 Å². The number of carbonyl (C=O) groups is 1. The van der Waals surface area contributed by atoms with Gasteiger partial charge in [-0.3, -0.25) is 4.79 Å². The minimum absolute atomic E-state index is 0.152. The zero-order valence-corrected chi connectivity index (χ0v) is 13.3. The minimum atomic E-state index is -0.429. The molecule has 0 spiro atoms. The summed E-state index contributed by atoms with van der Waals surface area (Å²) in [5.41, 5.74) is 0.925. The summed E-state index contributed by atoms with van der Waals surface area (Å²) in [5.74, 6) is -0.152. The van der Waals surface area contributed by atoms with Crippen LogP contribution in [0, 0.1) is 0 Å². The minimum Gasteiger partial charge on any atom is -0.399 e. The summed E-state index contributed by atoms with van der Waals surface area (Å²) in [6, 6.07) is 7.61. The number of benzene rings is 1. The predicted octanol–water partition coefficient (Wildman–Crippen LogP) is 2.13. The molecule has 1 aromatic rings. The molecule has 0 aliphatic carbocycles. The lowest BCUT2D eigenvalue weighted by molar-refractivity contribution is -0.113. The largest absolute Gasteiger partial charge is 0.494 e. The van der Waals surface area contributed by atoms with Crippen LogP contribution in [0.5, 0.6) is 0 Å². The molecule has 1 aliphatic rings. The van der Waals surface area contributed by atoms with E-state index in [1.165, 1.54) is 6.08 Å². The molecule has 1 aromatic carbocycles. The molecule has 0 aromatic heterocycles. The molecule has 1 heterocycles. The number of rotatable bonds is 3. The molecular weight excluding hydrogens is 265 g/mol. The van der Waals surface area contributed by atoms with E-state index in [9.17, 15) is 4.79 Å². The van der Waals surface area contributed by atoms with Gasteiger partial charge in [-0.2, -0.15) is 0 Å². The summed E-state index contributed by atoms with van der Waals surface area (Å²) in [6.45, 7) is 11.6. The fourth-order valence-electron chi connectivity index (χ4n) is 2.12. The SMILES string of the molecule is C=CC(=O)N(C)c1cccc(B2OC(C)(C)C(C)(C)O2)c1.